The highest BCUT2D eigenvalue weighted by atomic mass is 16.5. The highest BCUT2D eigenvalue weighted by Crippen LogP contribution is 2.20. The Kier molecular flexibility index (Phi) is 2.73. The average molecular weight is 217 g/mol. The Morgan fingerprint density at radius 2 is 2.00 bits per heavy atom. The van der Waals surface area contributed by atoms with Gasteiger partial charge in [0.15, 0.2) is 5.75 Å². The number of pyridine rings is 1. The third kappa shape index (κ3) is 2.11. The van der Waals surface area contributed by atoms with Crippen molar-refractivity contribution >= 4 is 5.97 Å². The standard InChI is InChI=1S/C10H7N3O3/c14-9(15)7-2-5-11-6-8(7)16-10-12-3-1-4-13-10/h1-6H,(H,14,15). The monoisotopic (exact) mass is 217 g/mol. The molecule has 2 heterocycles. The average Bonchev–Trinajstić information content (AvgIpc) is 2.31. The van der Waals surface area contributed by atoms with Crippen LogP contribution in [0.25, 0.3) is 0 Å². The predicted octanol–water partition coefficient (Wildman–Crippen LogP) is 1.36. The number of ether oxygens (including phenoxy) is 1. The molecule has 2 rings (SSSR count). The zero-order valence-corrected chi connectivity index (χ0v) is 8.07. The van der Waals surface area contributed by atoms with Crippen LogP contribution < -0.4 is 4.74 Å². The van der Waals surface area contributed by atoms with E-state index < -0.39 is 5.97 Å². The largest absolute Gasteiger partial charge is 0.478 e. The Balaban J connectivity index is 2.31. The molecule has 0 aromatic carbocycles. The minimum atomic E-state index is -1.09. The summed E-state index contributed by atoms with van der Waals surface area (Å²) in [6.45, 7) is 0. The van der Waals surface area contributed by atoms with Crippen molar-refractivity contribution in [1.29, 1.82) is 0 Å². The van der Waals surface area contributed by atoms with Gasteiger partial charge in [-0.1, -0.05) is 0 Å². The van der Waals surface area contributed by atoms with Gasteiger partial charge in [0.1, 0.15) is 5.56 Å². The third-order valence-electron chi connectivity index (χ3n) is 1.76. The van der Waals surface area contributed by atoms with Gasteiger partial charge >= 0.3 is 12.0 Å². The van der Waals surface area contributed by atoms with E-state index in [2.05, 4.69) is 15.0 Å². The molecule has 0 atom stereocenters. The highest BCUT2D eigenvalue weighted by molar-refractivity contribution is 5.90. The normalized spacial score (nSPS) is 9.75. The van der Waals surface area contributed by atoms with Crippen molar-refractivity contribution < 1.29 is 14.6 Å². The number of nitrogens with zero attached hydrogens (tertiary/aromatic N) is 3. The van der Waals surface area contributed by atoms with Crippen LogP contribution in [-0.2, 0) is 0 Å². The van der Waals surface area contributed by atoms with Gasteiger partial charge < -0.3 is 9.84 Å². The Bertz CT molecular complexity index is 502. The van der Waals surface area contributed by atoms with Crippen LogP contribution in [0.3, 0.4) is 0 Å². The molecule has 0 fully saturated rings. The minimum absolute atomic E-state index is 0.0162. The van der Waals surface area contributed by atoms with Crippen LogP contribution in [0.2, 0.25) is 0 Å². The lowest BCUT2D eigenvalue weighted by atomic mass is 10.2. The molecule has 16 heavy (non-hydrogen) atoms. The van der Waals surface area contributed by atoms with E-state index in [0.717, 1.165) is 0 Å². The molecule has 0 aliphatic heterocycles. The molecule has 0 amide bonds. The summed E-state index contributed by atoms with van der Waals surface area (Å²) >= 11 is 0. The molecule has 2 aromatic rings. The van der Waals surface area contributed by atoms with Crippen LogP contribution in [0.5, 0.6) is 11.8 Å². The van der Waals surface area contributed by atoms with Gasteiger partial charge in [0.2, 0.25) is 0 Å². The molecular formula is C10H7N3O3. The Hall–Kier alpha value is -2.50. The van der Waals surface area contributed by atoms with E-state index in [9.17, 15) is 4.79 Å². The Labute approximate surface area is 90.6 Å². The van der Waals surface area contributed by atoms with Gasteiger partial charge in [-0.2, -0.15) is 0 Å². The molecule has 6 heteroatoms. The molecule has 0 bridgehead atoms. The summed E-state index contributed by atoms with van der Waals surface area (Å²) in [4.78, 5) is 22.3. The van der Waals surface area contributed by atoms with E-state index >= 15 is 0 Å². The van der Waals surface area contributed by atoms with Gasteiger partial charge in [0, 0.05) is 18.6 Å². The predicted molar refractivity (Wildman–Crippen MR) is 53.3 cm³/mol. The summed E-state index contributed by atoms with van der Waals surface area (Å²) in [6.07, 6.45) is 5.68. The van der Waals surface area contributed by atoms with E-state index in [1.807, 2.05) is 0 Å². The van der Waals surface area contributed by atoms with Gasteiger partial charge in [-0.05, 0) is 12.1 Å². The third-order valence-corrected chi connectivity index (χ3v) is 1.76. The molecule has 2 aromatic heterocycles. The summed E-state index contributed by atoms with van der Waals surface area (Å²) in [5, 5.41) is 8.90. The van der Waals surface area contributed by atoms with Crippen molar-refractivity contribution in [2.75, 3.05) is 0 Å². The van der Waals surface area contributed by atoms with Crippen molar-refractivity contribution in [2.45, 2.75) is 0 Å². The van der Waals surface area contributed by atoms with E-state index in [4.69, 9.17) is 9.84 Å². The highest BCUT2D eigenvalue weighted by Gasteiger charge is 2.12. The van der Waals surface area contributed by atoms with E-state index in [-0.39, 0.29) is 17.3 Å². The van der Waals surface area contributed by atoms with Gasteiger partial charge in [-0.15, -0.1) is 0 Å². The molecular weight excluding hydrogens is 210 g/mol. The fourth-order valence-corrected chi connectivity index (χ4v) is 1.07. The lowest BCUT2D eigenvalue weighted by Gasteiger charge is -2.04. The van der Waals surface area contributed by atoms with Crippen molar-refractivity contribution in [1.82, 2.24) is 15.0 Å². The quantitative estimate of drug-likeness (QED) is 0.835. The van der Waals surface area contributed by atoms with Crippen LogP contribution in [0, 0.1) is 0 Å². The van der Waals surface area contributed by atoms with Crippen molar-refractivity contribution in [3.05, 3.63) is 42.5 Å². The maximum Gasteiger partial charge on any atom is 0.339 e. The van der Waals surface area contributed by atoms with Crippen molar-refractivity contribution in [3.8, 4) is 11.8 Å². The summed E-state index contributed by atoms with van der Waals surface area (Å²) in [6, 6.07) is 3.06. The fourth-order valence-electron chi connectivity index (χ4n) is 1.07. The molecule has 0 spiro atoms. The lowest BCUT2D eigenvalue weighted by Crippen LogP contribution is -2.01. The smallest absolute Gasteiger partial charge is 0.339 e. The zero-order chi connectivity index (χ0) is 11.4. The summed E-state index contributed by atoms with van der Waals surface area (Å²) < 4.78 is 5.21. The first kappa shape index (κ1) is 10.0. The van der Waals surface area contributed by atoms with Gasteiger partial charge in [0.25, 0.3) is 0 Å². The molecule has 0 radical (unpaired) electrons. The summed E-state index contributed by atoms with van der Waals surface area (Å²) in [7, 11) is 0. The molecule has 1 N–H and O–H groups in total. The number of carbonyl (C=O) groups is 1. The first-order valence-corrected chi connectivity index (χ1v) is 4.39. The van der Waals surface area contributed by atoms with Crippen LogP contribution in [0.15, 0.2) is 36.9 Å². The van der Waals surface area contributed by atoms with Gasteiger partial charge in [0.05, 0.1) is 6.20 Å². The number of hydrogen-bond acceptors (Lipinski definition) is 5. The number of hydrogen-bond donors (Lipinski definition) is 1. The molecule has 6 nitrogen and oxygen atoms in total. The summed E-state index contributed by atoms with van der Waals surface area (Å²) in [5.41, 5.74) is 0.0162. The molecule has 0 unspecified atom stereocenters. The zero-order valence-electron chi connectivity index (χ0n) is 8.07. The van der Waals surface area contributed by atoms with Crippen molar-refractivity contribution in [2.24, 2.45) is 0 Å². The topological polar surface area (TPSA) is 85.2 Å². The van der Waals surface area contributed by atoms with Gasteiger partial charge in [-0.3, -0.25) is 4.98 Å². The van der Waals surface area contributed by atoms with E-state index in [1.54, 1.807) is 6.07 Å². The SMILES string of the molecule is O=C(O)c1ccncc1Oc1ncccn1. The molecule has 80 valence electrons. The van der Waals surface area contributed by atoms with Crippen LogP contribution in [-0.4, -0.2) is 26.0 Å². The van der Waals surface area contributed by atoms with Gasteiger partial charge in [-0.25, -0.2) is 14.8 Å². The second kappa shape index (κ2) is 4.35. The lowest BCUT2D eigenvalue weighted by molar-refractivity contribution is 0.0694. The van der Waals surface area contributed by atoms with E-state index in [1.165, 1.54) is 30.9 Å². The number of aromatic carboxylic acids is 1. The minimum Gasteiger partial charge on any atom is -0.478 e. The van der Waals surface area contributed by atoms with Crippen molar-refractivity contribution in [3.63, 3.8) is 0 Å². The Morgan fingerprint density at radius 3 is 2.69 bits per heavy atom. The first-order valence-electron chi connectivity index (χ1n) is 4.39. The number of aromatic nitrogens is 3. The van der Waals surface area contributed by atoms with Crippen LogP contribution in [0.1, 0.15) is 10.4 Å². The summed E-state index contributed by atoms with van der Waals surface area (Å²) in [5.74, 6) is -0.977. The molecule has 0 aliphatic rings. The maximum atomic E-state index is 10.9. The fraction of sp³-hybridized carbons (Fsp3) is 0. The molecule has 0 saturated carbocycles. The number of rotatable bonds is 3. The number of carboxylic acids is 1. The second-order valence-corrected chi connectivity index (χ2v) is 2.81. The van der Waals surface area contributed by atoms with Crippen LogP contribution >= 0.6 is 0 Å². The van der Waals surface area contributed by atoms with Crippen LogP contribution in [0.4, 0.5) is 0 Å². The van der Waals surface area contributed by atoms with E-state index in [0.29, 0.717) is 0 Å². The second-order valence-electron chi connectivity index (χ2n) is 2.81. The number of carboxylic acid groups (broad SMARTS) is 1. The first-order chi connectivity index (χ1) is 7.77. The Morgan fingerprint density at radius 1 is 1.25 bits per heavy atom. The molecule has 0 aliphatic carbocycles. The maximum absolute atomic E-state index is 10.9. The molecule has 0 saturated heterocycles.